The molecule has 12 heavy (non-hydrogen) atoms. The van der Waals surface area contributed by atoms with Crippen LogP contribution in [0, 0.1) is 0 Å². The predicted octanol–water partition coefficient (Wildman–Crippen LogP) is -0.0701. The van der Waals surface area contributed by atoms with Crippen molar-refractivity contribution in [2.24, 2.45) is 0 Å². The Morgan fingerprint density at radius 1 is 1.33 bits per heavy atom. The molecule has 0 fully saturated rings. The van der Waals surface area contributed by atoms with Crippen LogP contribution < -0.4 is 0 Å². The molecule has 0 spiro atoms. The fourth-order valence-electron chi connectivity index (χ4n) is 0.389. The van der Waals surface area contributed by atoms with Crippen LogP contribution in [0.1, 0.15) is 12.8 Å². The second-order valence-electron chi connectivity index (χ2n) is 1.87. The minimum absolute atomic E-state index is 0.168. The molecule has 0 atom stereocenters. The lowest BCUT2D eigenvalue weighted by Crippen LogP contribution is -2.09. The van der Waals surface area contributed by atoms with Crippen molar-refractivity contribution in [2.75, 3.05) is 13.9 Å². The zero-order valence-electron chi connectivity index (χ0n) is 6.61. The van der Waals surface area contributed by atoms with Gasteiger partial charge < -0.3 is 9.84 Å². The van der Waals surface area contributed by atoms with Gasteiger partial charge in [0.15, 0.2) is 6.79 Å². The Hall–Kier alpha value is -1.14. The smallest absolute Gasteiger partial charge is 0.343 e. The number of hydrogen-bond donors (Lipinski definition) is 1. The molecule has 0 heterocycles. The third-order valence-electron chi connectivity index (χ3n) is 0.861. The third kappa shape index (κ3) is 6.97. The van der Waals surface area contributed by atoms with Crippen LogP contribution in [-0.4, -0.2) is 30.9 Å². The first-order valence-electron chi connectivity index (χ1n) is 3.20. The lowest BCUT2D eigenvalue weighted by atomic mass is 10.3. The van der Waals surface area contributed by atoms with Crippen molar-refractivity contribution in [1.82, 2.24) is 0 Å². The highest BCUT2D eigenvalue weighted by Crippen LogP contribution is 1.93. The van der Waals surface area contributed by atoms with E-state index in [0.717, 1.165) is 0 Å². The predicted molar refractivity (Wildman–Crippen MR) is 35.9 cm³/mol. The third-order valence-corrected chi connectivity index (χ3v) is 0.861. The zero-order chi connectivity index (χ0) is 9.40. The molecule has 0 aliphatic heterocycles. The Bertz CT molecular complexity index is 154. The lowest BCUT2D eigenvalue weighted by molar-refractivity contribution is -0.306. The molecule has 6 heteroatoms. The number of aliphatic carboxylic acids is 1. The van der Waals surface area contributed by atoms with Gasteiger partial charge >= 0.3 is 11.9 Å². The second kappa shape index (κ2) is 6.56. The number of methoxy groups -OCH3 is 1. The number of rotatable bonds is 6. The van der Waals surface area contributed by atoms with Crippen molar-refractivity contribution in [1.29, 1.82) is 0 Å². The summed E-state index contributed by atoms with van der Waals surface area (Å²) in [4.78, 5) is 28.8. The Balaban J connectivity index is 3.28. The van der Waals surface area contributed by atoms with Crippen molar-refractivity contribution < 1.29 is 29.2 Å². The van der Waals surface area contributed by atoms with Gasteiger partial charge in [-0.3, -0.25) is 9.68 Å². The zero-order valence-corrected chi connectivity index (χ0v) is 6.61. The fraction of sp³-hybridized carbons (Fsp3) is 0.667. The molecule has 0 saturated carbocycles. The molecule has 1 N–H and O–H groups in total. The summed E-state index contributed by atoms with van der Waals surface area (Å²) < 4.78 is 4.40. The van der Waals surface area contributed by atoms with E-state index in [-0.39, 0.29) is 19.6 Å². The van der Waals surface area contributed by atoms with Crippen LogP contribution >= 0.6 is 0 Å². The Morgan fingerprint density at radius 2 is 2.00 bits per heavy atom. The molecule has 0 rings (SSSR count). The Labute approximate surface area is 69.0 Å². The van der Waals surface area contributed by atoms with Gasteiger partial charge in [0, 0.05) is 7.11 Å². The molecular weight excluding hydrogens is 168 g/mol. The van der Waals surface area contributed by atoms with Crippen LogP contribution in [0.15, 0.2) is 0 Å². The first kappa shape index (κ1) is 10.9. The van der Waals surface area contributed by atoms with Gasteiger partial charge in [-0.1, -0.05) is 0 Å². The van der Waals surface area contributed by atoms with Gasteiger partial charge in [0.1, 0.15) is 0 Å². The summed E-state index contributed by atoms with van der Waals surface area (Å²) in [6.45, 7) is -0.168. The van der Waals surface area contributed by atoms with Gasteiger partial charge in [-0.05, 0) is 0 Å². The van der Waals surface area contributed by atoms with Crippen LogP contribution in [0.4, 0.5) is 0 Å². The molecule has 0 aromatic heterocycles. The van der Waals surface area contributed by atoms with E-state index < -0.39 is 11.9 Å². The van der Waals surface area contributed by atoms with Crippen molar-refractivity contribution in [2.45, 2.75) is 12.8 Å². The van der Waals surface area contributed by atoms with E-state index in [4.69, 9.17) is 5.11 Å². The Morgan fingerprint density at radius 3 is 2.50 bits per heavy atom. The topological polar surface area (TPSA) is 82.1 Å². The molecule has 0 aromatic carbocycles. The van der Waals surface area contributed by atoms with E-state index in [9.17, 15) is 9.59 Å². The van der Waals surface area contributed by atoms with Gasteiger partial charge in [0.2, 0.25) is 0 Å². The quantitative estimate of drug-likeness (QED) is 0.265. The molecule has 0 aromatic rings. The van der Waals surface area contributed by atoms with Crippen molar-refractivity contribution in [3.8, 4) is 0 Å². The monoisotopic (exact) mass is 178 g/mol. The van der Waals surface area contributed by atoms with Gasteiger partial charge in [-0.2, -0.15) is 4.89 Å². The normalized spacial score (nSPS) is 9.42. The number of carbonyl (C=O) groups is 2. The molecule has 0 bridgehead atoms. The molecule has 0 aliphatic rings. The summed E-state index contributed by atoms with van der Waals surface area (Å²) in [5.41, 5.74) is 0. The summed E-state index contributed by atoms with van der Waals surface area (Å²) in [5, 5.41) is 8.16. The molecule has 0 radical (unpaired) electrons. The second-order valence-corrected chi connectivity index (χ2v) is 1.87. The van der Waals surface area contributed by atoms with Crippen LogP contribution in [-0.2, 0) is 24.1 Å². The number of carboxylic acid groups (broad SMARTS) is 1. The van der Waals surface area contributed by atoms with Crippen molar-refractivity contribution in [3.05, 3.63) is 0 Å². The van der Waals surface area contributed by atoms with E-state index in [1.165, 1.54) is 7.11 Å². The number of carboxylic acids is 1. The summed E-state index contributed by atoms with van der Waals surface area (Å²) in [5.74, 6) is -1.78. The highest BCUT2D eigenvalue weighted by atomic mass is 17.2. The fourth-order valence-corrected chi connectivity index (χ4v) is 0.389. The number of ether oxygens (including phenoxy) is 1. The first-order valence-corrected chi connectivity index (χ1v) is 3.20. The molecule has 6 nitrogen and oxygen atoms in total. The maximum atomic E-state index is 10.6. The van der Waals surface area contributed by atoms with Crippen molar-refractivity contribution in [3.63, 3.8) is 0 Å². The minimum Gasteiger partial charge on any atom is -0.481 e. The maximum Gasteiger partial charge on any atom is 0.343 e. The van der Waals surface area contributed by atoms with E-state index >= 15 is 0 Å². The molecule has 0 amide bonds. The summed E-state index contributed by atoms with van der Waals surface area (Å²) in [6, 6.07) is 0. The molecule has 0 aliphatic carbocycles. The average molecular weight is 178 g/mol. The van der Waals surface area contributed by atoms with Gasteiger partial charge in [0.05, 0.1) is 12.8 Å². The molecular formula is C6H10O6. The number of hydrogen-bond acceptors (Lipinski definition) is 5. The Kier molecular flexibility index (Phi) is 5.94. The largest absolute Gasteiger partial charge is 0.481 e. The SMILES string of the molecule is COCOOC(=O)CCC(=O)O. The van der Waals surface area contributed by atoms with E-state index in [2.05, 4.69) is 14.5 Å². The van der Waals surface area contributed by atoms with Gasteiger partial charge in [0.25, 0.3) is 0 Å². The molecule has 70 valence electrons. The van der Waals surface area contributed by atoms with Crippen LogP contribution in [0.25, 0.3) is 0 Å². The van der Waals surface area contributed by atoms with Crippen LogP contribution in [0.2, 0.25) is 0 Å². The highest BCUT2D eigenvalue weighted by molar-refractivity contribution is 5.76. The van der Waals surface area contributed by atoms with Crippen LogP contribution in [0.5, 0.6) is 0 Å². The van der Waals surface area contributed by atoms with E-state index in [0.29, 0.717) is 0 Å². The lowest BCUT2D eigenvalue weighted by Gasteiger charge is -2.00. The average Bonchev–Trinajstić information content (AvgIpc) is 2.01. The van der Waals surface area contributed by atoms with Gasteiger partial charge in [-0.25, -0.2) is 4.79 Å². The van der Waals surface area contributed by atoms with Crippen molar-refractivity contribution >= 4 is 11.9 Å². The minimum atomic E-state index is -1.06. The van der Waals surface area contributed by atoms with Gasteiger partial charge in [-0.15, -0.1) is 0 Å². The highest BCUT2D eigenvalue weighted by Gasteiger charge is 2.06. The van der Waals surface area contributed by atoms with E-state index in [1.54, 1.807) is 0 Å². The standard InChI is InChI=1S/C6H10O6/c1-10-4-11-12-6(9)3-2-5(7)8/h2-4H2,1H3,(H,7,8). The summed E-state index contributed by atoms with van der Waals surface area (Å²) in [7, 11) is 1.37. The summed E-state index contributed by atoms with van der Waals surface area (Å²) >= 11 is 0. The molecule has 0 unspecified atom stereocenters. The van der Waals surface area contributed by atoms with E-state index in [1.807, 2.05) is 0 Å². The maximum absolute atomic E-state index is 10.6. The number of carbonyl (C=O) groups excluding carboxylic acids is 1. The first-order chi connectivity index (χ1) is 5.66. The summed E-state index contributed by atoms with van der Waals surface area (Å²) in [6.07, 6.45) is -0.478. The molecule has 0 saturated heterocycles. The van der Waals surface area contributed by atoms with Crippen LogP contribution in [0.3, 0.4) is 0 Å².